The fourth-order valence-electron chi connectivity index (χ4n) is 4.10. The van der Waals surface area contributed by atoms with Crippen molar-refractivity contribution in [2.24, 2.45) is 0 Å². The molecule has 1 aliphatic heterocycles. The molecule has 0 aromatic heterocycles. The predicted octanol–water partition coefficient (Wildman–Crippen LogP) is 3.19. The van der Waals surface area contributed by atoms with Gasteiger partial charge in [-0.05, 0) is 29.3 Å². The highest BCUT2D eigenvalue weighted by Crippen LogP contribution is 2.30. The summed E-state index contributed by atoms with van der Waals surface area (Å²) in [7, 11) is -7.27. The van der Waals surface area contributed by atoms with Crippen molar-refractivity contribution in [3.63, 3.8) is 0 Å². The van der Waals surface area contributed by atoms with Gasteiger partial charge in [0.25, 0.3) is 0 Å². The molecule has 0 amide bonds. The highest BCUT2D eigenvalue weighted by Gasteiger charge is 2.32. The zero-order chi connectivity index (χ0) is 22.8. The average Bonchev–Trinajstić information content (AvgIpc) is 2.81. The van der Waals surface area contributed by atoms with Crippen LogP contribution in [0.4, 0.5) is 0 Å². The molecule has 32 heavy (non-hydrogen) atoms. The minimum Gasteiger partial charge on any atom is -0.290 e. The second kappa shape index (κ2) is 9.15. The van der Waals surface area contributed by atoms with Gasteiger partial charge in [-0.1, -0.05) is 66.7 Å². The first kappa shape index (κ1) is 22.7. The van der Waals surface area contributed by atoms with Crippen molar-refractivity contribution >= 4 is 19.9 Å². The van der Waals surface area contributed by atoms with E-state index in [1.54, 1.807) is 0 Å². The molecule has 0 bridgehead atoms. The summed E-state index contributed by atoms with van der Waals surface area (Å²) in [6.07, 6.45) is 1.07. The maximum Gasteiger partial charge on any atom is 0.243 e. The lowest BCUT2D eigenvalue weighted by Crippen LogP contribution is -2.49. The first-order valence-electron chi connectivity index (χ1n) is 10.4. The Morgan fingerprint density at radius 1 is 0.656 bits per heavy atom. The van der Waals surface area contributed by atoms with E-state index in [0.29, 0.717) is 26.2 Å². The summed E-state index contributed by atoms with van der Waals surface area (Å²) < 4.78 is 51.6. The van der Waals surface area contributed by atoms with Crippen molar-refractivity contribution < 1.29 is 16.8 Å². The number of hydrogen-bond acceptors (Lipinski definition) is 5. The van der Waals surface area contributed by atoms with Crippen LogP contribution in [0.1, 0.15) is 17.2 Å². The van der Waals surface area contributed by atoms with Gasteiger partial charge in [0, 0.05) is 32.4 Å². The molecule has 168 valence electrons. The molecule has 0 radical (unpaired) electrons. The maximum atomic E-state index is 13.2. The van der Waals surface area contributed by atoms with Crippen molar-refractivity contribution in [1.29, 1.82) is 0 Å². The molecule has 4 rings (SSSR count). The molecule has 0 N–H and O–H groups in total. The van der Waals surface area contributed by atoms with Gasteiger partial charge < -0.3 is 0 Å². The van der Waals surface area contributed by atoms with Crippen molar-refractivity contribution in [1.82, 2.24) is 9.21 Å². The van der Waals surface area contributed by atoms with E-state index >= 15 is 0 Å². The number of piperazine rings is 1. The fourth-order valence-corrected chi connectivity index (χ4v) is 6.31. The van der Waals surface area contributed by atoms with Gasteiger partial charge in [-0.25, -0.2) is 16.8 Å². The van der Waals surface area contributed by atoms with Gasteiger partial charge >= 0.3 is 0 Å². The van der Waals surface area contributed by atoms with Crippen LogP contribution in [0.2, 0.25) is 0 Å². The Bertz CT molecular complexity index is 1230. The summed E-state index contributed by atoms with van der Waals surface area (Å²) in [5.41, 5.74) is 2.33. The van der Waals surface area contributed by atoms with Crippen molar-refractivity contribution in [2.45, 2.75) is 15.8 Å². The Kier molecular flexibility index (Phi) is 6.48. The Morgan fingerprint density at radius 3 is 1.66 bits per heavy atom. The van der Waals surface area contributed by atoms with Gasteiger partial charge in [-0.2, -0.15) is 4.31 Å². The smallest absolute Gasteiger partial charge is 0.243 e. The third kappa shape index (κ3) is 4.78. The third-order valence-corrected chi connectivity index (χ3v) is 8.75. The van der Waals surface area contributed by atoms with Crippen molar-refractivity contribution in [3.05, 3.63) is 96.1 Å². The number of sulfonamides is 1. The molecule has 3 aromatic carbocycles. The fraction of sp³-hybridized carbons (Fsp3) is 0.250. The highest BCUT2D eigenvalue weighted by atomic mass is 32.2. The van der Waals surface area contributed by atoms with E-state index < -0.39 is 19.9 Å². The van der Waals surface area contributed by atoms with Crippen LogP contribution in [0.3, 0.4) is 0 Å². The number of sulfone groups is 1. The van der Waals surface area contributed by atoms with Gasteiger partial charge in [0.15, 0.2) is 9.84 Å². The van der Waals surface area contributed by atoms with Gasteiger partial charge in [0.2, 0.25) is 10.0 Å². The Labute approximate surface area is 190 Å². The monoisotopic (exact) mass is 470 g/mol. The highest BCUT2D eigenvalue weighted by molar-refractivity contribution is 7.91. The van der Waals surface area contributed by atoms with Crippen LogP contribution >= 0.6 is 0 Å². The van der Waals surface area contributed by atoms with E-state index in [-0.39, 0.29) is 15.8 Å². The average molecular weight is 471 g/mol. The van der Waals surface area contributed by atoms with Crippen molar-refractivity contribution in [3.8, 4) is 0 Å². The lowest BCUT2D eigenvalue weighted by atomic mass is 9.96. The summed E-state index contributed by atoms with van der Waals surface area (Å²) in [5.74, 6) is 0. The normalized spacial score (nSPS) is 16.3. The molecule has 1 heterocycles. The van der Waals surface area contributed by atoms with E-state index in [2.05, 4.69) is 29.2 Å². The second-order valence-corrected chi connectivity index (χ2v) is 11.9. The number of rotatable bonds is 6. The topological polar surface area (TPSA) is 74.8 Å². The molecule has 8 heteroatoms. The molecule has 1 fully saturated rings. The van der Waals surface area contributed by atoms with Gasteiger partial charge in [-0.3, -0.25) is 4.90 Å². The molecule has 0 saturated carbocycles. The lowest BCUT2D eigenvalue weighted by Gasteiger charge is -2.39. The predicted molar refractivity (Wildman–Crippen MR) is 125 cm³/mol. The number of hydrogen-bond donors (Lipinski definition) is 0. The first-order chi connectivity index (χ1) is 15.3. The van der Waals surface area contributed by atoms with E-state index in [0.717, 1.165) is 17.4 Å². The molecular weight excluding hydrogens is 444 g/mol. The Morgan fingerprint density at radius 2 is 1.16 bits per heavy atom. The summed E-state index contributed by atoms with van der Waals surface area (Å²) >= 11 is 0. The molecule has 0 atom stereocenters. The molecule has 1 aliphatic rings. The second-order valence-electron chi connectivity index (χ2n) is 7.91. The molecule has 0 unspecified atom stereocenters. The summed E-state index contributed by atoms with van der Waals surface area (Å²) in [6.45, 7) is 1.81. The Hall–Kier alpha value is -2.52. The largest absolute Gasteiger partial charge is 0.290 e. The molecular formula is C24H26N2O4S2. The van der Waals surface area contributed by atoms with Gasteiger partial charge in [0.05, 0.1) is 15.8 Å². The van der Waals surface area contributed by atoms with Crippen LogP contribution in [0.25, 0.3) is 0 Å². The number of nitrogens with zero attached hydrogens (tertiary/aromatic N) is 2. The summed E-state index contributed by atoms with van der Waals surface area (Å²) in [6, 6.07) is 26.0. The molecule has 1 saturated heterocycles. The van der Waals surface area contributed by atoms with E-state index in [1.165, 1.54) is 28.6 Å². The Balaban J connectivity index is 1.56. The molecule has 0 spiro atoms. The zero-order valence-corrected chi connectivity index (χ0v) is 19.5. The van der Waals surface area contributed by atoms with Crippen LogP contribution < -0.4 is 0 Å². The van der Waals surface area contributed by atoms with Crippen LogP contribution in [0, 0.1) is 0 Å². The van der Waals surface area contributed by atoms with E-state index in [1.807, 2.05) is 36.4 Å². The van der Waals surface area contributed by atoms with Gasteiger partial charge in [0.1, 0.15) is 0 Å². The van der Waals surface area contributed by atoms with Crippen LogP contribution in [0.15, 0.2) is 94.7 Å². The van der Waals surface area contributed by atoms with E-state index in [9.17, 15) is 16.8 Å². The van der Waals surface area contributed by atoms with E-state index in [4.69, 9.17) is 0 Å². The third-order valence-electron chi connectivity index (χ3n) is 5.74. The zero-order valence-electron chi connectivity index (χ0n) is 17.8. The van der Waals surface area contributed by atoms with Crippen LogP contribution in [-0.4, -0.2) is 58.5 Å². The number of benzene rings is 3. The van der Waals surface area contributed by atoms with Crippen LogP contribution in [-0.2, 0) is 19.9 Å². The lowest BCUT2D eigenvalue weighted by molar-refractivity contribution is 0.156. The van der Waals surface area contributed by atoms with Crippen LogP contribution in [0.5, 0.6) is 0 Å². The van der Waals surface area contributed by atoms with Gasteiger partial charge in [-0.15, -0.1) is 0 Å². The molecule has 3 aromatic rings. The minimum absolute atomic E-state index is 0.00503. The summed E-state index contributed by atoms with van der Waals surface area (Å²) in [5, 5.41) is 0. The maximum absolute atomic E-state index is 13.2. The molecule has 0 aliphatic carbocycles. The molecule has 6 nitrogen and oxygen atoms in total. The van der Waals surface area contributed by atoms with Crippen molar-refractivity contribution in [2.75, 3.05) is 32.4 Å². The first-order valence-corrected chi connectivity index (χ1v) is 13.7. The minimum atomic E-state index is -3.78. The SMILES string of the molecule is CS(=O)(=O)c1cccc(S(=O)(=O)N2CCN(C(c3ccccc3)c3ccccc3)CC2)c1. The standard InChI is InChI=1S/C24H26N2O4S2/c1-31(27,28)22-13-8-14-23(19-22)32(29,30)26-17-15-25(16-18-26)24(20-9-4-2-5-10-20)21-11-6-3-7-12-21/h2-14,19,24H,15-18H2,1H3. The summed E-state index contributed by atoms with van der Waals surface area (Å²) in [4.78, 5) is 2.31. The quantitative estimate of drug-likeness (QED) is 0.553.